The SMILES string of the molecule is Cc1ccc(C)c(Sc2ccc(CNC3CC3)cn2)c1. The largest absolute Gasteiger partial charge is 0.310 e. The second kappa shape index (κ2) is 5.98. The predicted octanol–water partition coefficient (Wildman–Crippen LogP) is 4.10. The van der Waals surface area contributed by atoms with Crippen molar-refractivity contribution in [2.24, 2.45) is 0 Å². The Morgan fingerprint density at radius 1 is 1.20 bits per heavy atom. The Balaban J connectivity index is 1.66. The van der Waals surface area contributed by atoms with E-state index < -0.39 is 0 Å². The normalized spacial score (nSPS) is 14.5. The zero-order valence-corrected chi connectivity index (χ0v) is 12.8. The molecule has 1 fully saturated rings. The number of rotatable bonds is 5. The van der Waals surface area contributed by atoms with Crippen LogP contribution >= 0.6 is 11.8 Å². The number of pyridine rings is 1. The predicted molar refractivity (Wildman–Crippen MR) is 84.1 cm³/mol. The molecule has 0 aliphatic heterocycles. The third-order valence-corrected chi connectivity index (χ3v) is 4.64. The van der Waals surface area contributed by atoms with E-state index in [4.69, 9.17) is 0 Å². The summed E-state index contributed by atoms with van der Waals surface area (Å²) in [6, 6.07) is 11.6. The molecule has 3 rings (SSSR count). The number of aromatic nitrogens is 1. The number of benzene rings is 1. The highest BCUT2D eigenvalue weighted by Gasteiger charge is 2.19. The Hall–Kier alpha value is -1.32. The number of nitrogens with zero attached hydrogens (tertiary/aromatic N) is 1. The molecule has 0 unspecified atom stereocenters. The van der Waals surface area contributed by atoms with Gasteiger partial charge in [0.15, 0.2) is 0 Å². The molecule has 0 spiro atoms. The zero-order valence-electron chi connectivity index (χ0n) is 12.0. The Kier molecular flexibility index (Phi) is 4.08. The van der Waals surface area contributed by atoms with Gasteiger partial charge in [-0.25, -0.2) is 4.98 Å². The molecular weight excluding hydrogens is 264 g/mol. The molecule has 1 heterocycles. The fraction of sp³-hybridized carbons (Fsp3) is 0.353. The first-order valence-electron chi connectivity index (χ1n) is 7.14. The maximum Gasteiger partial charge on any atom is 0.101 e. The van der Waals surface area contributed by atoms with Crippen molar-refractivity contribution >= 4 is 11.8 Å². The molecule has 0 radical (unpaired) electrons. The van der Waals surface area contributed by atoms with Gasteiger partial charge in [-0.15, -0.1) is 0 Å². The van der Waals surface area contributed by atoms with Crippen LogP contribution in [0.1, 0.15) is 29.5 Å². The van der Waals surface area contributed by atoms with Gasteiger partial charge in [0.25, 0.3) is 0 Å². The van der Waals surface area contributed by atoms with E-state index in [1.54, 1.807) is 11.8 Å². The lowest BCUT2D eigenvalue weighted by atomic mass is 10.2. The van der Waals surface area contributed by atoms with E-state index in [2.05, 4.69) is 54.5 Å². The van der Waals surface area contributed by atoms with Gasteiger partial charge in [0.2, 0.25) is 0 Å². The van der Waals surface area contributed by atoms with E-state index >= 15 is 0 Å². The maximum atomic E-state index is 4.57. The monoisotopic (exact) mass is 284 g/mol. The molecule has 1 aliphatic carbocycles. The van der Waals surface area contributed by atoms with Crippen molar-refractivity contribution in [3.05, 3.63) is 53.2 Å². The molecule has 1 saturated carbocycles. The third kappa shape index (κ3) is 3.62. The second-order valence-electron chi connectivity index (χ2n) is 5.53. The summed E-state index contributed by atoms with van der Waals surface area (Å²) in [5, 5.41) is 4.58. The number of hydrogen-bond donors (Lipinski definition) is 1. The van der Waals surface area contributed by atoms with E-state index in [9.17, 15) is 0 Å². The molecule has 104 valence electrons. The van der Waals surface area contributed by atoms with Crippen molar-refractivity contribution < 1.29 is 0 Å². The smallest absolute Gasteiger partial charge is 0.101 e. The molecule has 20 heavy (non-hydrogen) atoms. The van der Waals surface area contributed by atoms with Crippen LogP contribution in [0.25, 0.3) is 0 Å². The molecule has 3 heteroatoms. The molecule has 1 N–H and O–H groups in total. The van der Waals surface area contributed by atoms with Crippen LogP contribution in [0.3, 0.4) is 0 Å². The van der Waals surface area contributed by atoms with Gasteiger partial charge in [0.1, 0.15) is 5.03 Å². The fourth-order valence-corrected chi connectivity index (χ4v) is 3.00. The molecule has 0 bridgehead atoms. The highest BCUT2D eigenvalue weighted by molar-refractivity contribution is 7.99. The number of aryl methyl sites for hydroxylation is 2. The first kappa shape index (κ1) is 13.7. The van der Waals surface area contributed by atoms with Crippen molar-refractivity contribution in [1.29, 1.82) is 0 Å². The van der Waals surface area contributed by atoms with Crippen LogP contribution in [-0.2, 0) is 6.54 Å². The summed E-state index contributed by atoms with van der Waals surface area (Å²) >= 11 is 1.74. The lowest BCUT2D eigenvalue weighted by Crippen LogP contribution is -2.15. The van der Waals surface area contributed by atoms with Gasteiger partial charge in [-0.3, -0.25) is 0 Å². The minimum Gasteiger partial charge on any atom is -0.310 e. The lowest BCUT2D eigenvalue weighted by molar-refractivity contribution is 0.685. The summed E-state index contributed by atoms with van der Waals surface area (Å²) in [5.41, 5.74) is 3.87. The quantitative estimate of drug-likeness (QED) is 0.894. The van der Waals surface area contributed by atoms with Gasteiger partial charge in [0.05, 0.1) is 0 Å². The van der Waals surface area contributed by atoms with Gasteiger partial charge >= 0.3 is 0 Å². The molecule has 2 aromatic rings. The summed E-state index contributed by atoms with van der Waals surface area (Å²) in [7, 11) is 0. The first-order valence-corrected chi connectivity index (χ1v) is 7.96. The number of nitrogens with one attached hydrogen (secondary N) is 1. The summed E-state index contributed by atoms with van der Waals surface area (Å²) in [6.07, 6.45) is 4.64. The van der Waals surface area contributed by atoms with Crippen molar-refractivity contribution in [3.8, 4) is 0 Å². The highest BCUT2D eigenvalue weighted by atomic mass is 32.2. The Morgan fingerprint density at radius 3 is 2.75 bits per heavy atom. The van der Waals surface area contributed by atoms with Gasteiger partial charge in [0, 0.05) is 23.7 Å². The molecule has 1 aromatic carbocycles. The fourth-order valence-electron chi connectivity index (χ4n) is 2.06. The van der Waals surface area contributed by atoms with Crippen LogP contribution in [0.5, 0.6) is 0 Å². The van der Waals surface area contributed by atoms with E-state index in [0.717, 1.165) is 17.6 Å². The standard InChI is InChI=1S/C17H20N2S/c1-12-3-4-13(2)16(9-12)20-17-8-5-14(11-19-17)10-18-15-6-7-15/h3-5,8-9,11,15,18H,6-7,10H2,1-2H3. The molecular formula is C17H20N2S. The van der Waals surface area contributed by atoms with Crippen molar-refractivity contribution in [3.63, 3.8) is 0 Å². The molecule has 0 atom stereocenters. The summed E-state index contributed by atoms with van der Waals surface area (Å²) in [6.45, 7) is 5.21. The average molecular weight is 284 g/mol. The second-order valence-corrected chi connectivity index (χ2v) is 6.59. The Labute approximate surface area is 125 Å². The highest BCUT2D eigenvalue weighted by Crippen LogP contribution is 2.29. The topological polar surface area (TPSA) is 24.9 Å². The Morgan fingerprint density at radius 2 is 2.05 bits per heavy atom. The van der Waals surface area contributed by atoms with E-state index in [1.807, 2.05) is 6.20 Å². The van der Waals surface area contributed by atoms with Crippen molar-refractivity contribution in [2.75, 3.05) is 0 Å². The van der Waals surface area contributed by atoms with E-state index in [-0.39, 0.29) is 0 Å². The van der Waals surface area contributed by atoms with Gasteiger partial charge in [-0.05, 0) is 55.5 Å². The van der Waals surface area contributed by atoms with Crippen LogP contribution in [0, 0.1) is 13.8 Å². The van der Waals surface area contributed by atoms with Gasteiger partial charge in [-0.1, -0.05) is 30.0 Å². The van der Waals surface area contributed by atoms with Gasteiger partial charge < -0.3 is 5.32 Å². The molecule has 0 saturated heterocycles. The van der Waals surface area contributed by atoms with Gasteiger partial charge in [-0.2, -0.15) is 0 Å². The average Bonchev–Trinajstić information content (AvgIpc) is 3.26. The van der Waals surface area contributed by atoms with Crippen LogP contribution in [0.15, 0.2) is 46.5 Å². The van der Waals surface area contributed by atoms with E-state index in [0.29, 0.717) is 0 Å². The van der Waals surface area contributed by atoms with Crippen molar-refractivity contribution in [2.45, 2.75) is 49.2 Å². The van der Waals surface area contributed by atoms with Crippen LogP contribution in [0.4, 0.5) is 0 Å². The number of hydrogen-bond acceptors (Lipinski definition) is 3. The van der Waals surface area contributed by atoms with Crippen LogP contribution < -0.4 is 5.32 Å². The molecule has 1 aromatic heterocycles. The summed E-state index contributed by atoms with van der Waals surface area (Å²) in [5.74, 6) is 0. The minimum absolute atomic E-state index is 0.749. The molecule has 2 nitrogen and oxygen atoms in total. The third-order valence-electron chi connectivity index (χ3n) is 3.53. The van der Waals surface area contributed by atoms with E-state index in [1.165, 1.54) is 34.4 Å². The van der Waals surface area contributed by atoms with Crippen molar-refractivity contribution in [1.82, 2.24) is 10.3 Å². The van der Waals surface area contributed by atoms with Crippen LogP contribution in [0.2, 0.25) is 0 Å². The lowest BCUT2D eigenvalue weighted by Gasteiger charge is -2.07. The summed E-state index contributed by atoms with van der Waals surface area (Å²) < 4.78 is 0. The summed E-state index contributed by atoms with van der Waals surface area (Å²) in [4.78, 5) is 5.86. The minimum atomic E-state index is 0.749. The maximum absolute atomic E-state index is 4.57. The van der Waals surface area contributed by atoms with Crippen LogP contribution in [-0.4, -0.2) is 11.0 Å². The first-order chi connectivity index (χ1) is 9.70. The Bertz CT molecular complexity index is 588. The molecule has 0 amide bonds. The zero-order chi connectivity index (χ0) is 13.9. The molecule has 1 aliphatic rings.